The van der Waals surface area contributed by atoms with Crippen molar-refractivity contribution in [2.75, 3.05) is 13.1 Å². The van der Waals surface area contributed by atoms with Crippen molar-refractivity contribution < 1.29 is 51.4 Å². The number of sulfonamides is 1. The number of nitrogens with zero attached hydrogens (tertiary/aromatic N) is 2. The highest BCUT2D eigenvalue weighted by Crippen LogP contribution is 2.21. The van der Waals surface area contributed by atoms with Crippen LogP contribution in [0.4, 0.5) is 4.79 Å². The number of hydrogen-bond acceptors (Lipinski definition) is 12. The molecule has 20 heteroatoms. The molecule has 386 valence electrons. The first-order valence-corrected chi connectivity index (χ1v) is 25.2. The normalized spacial score (nSPS) is 15.4. The maximum Gasteiger partial charge on any atom is 0.408 e. The summed E-state index contributed by atoms with van der Waals surface area (Å²) in [7, 11) is -4.01. The van der Waals surface area contributed by atoms with Gasteiger partial charge in [0, 0.05) is 19.5 Å². The highest BCUT2D eigenvalue weighted by Gasteiger charge is 2.39. The Hall–Kier alpha value is -7.48. The number of alkyl carbamates (subject to hydrolysis) is 1. The summed E-state index contributed by atoms with van der Waals surface area (Å²) >= 11 is 0. The minimum Gasteiger partial charge on any atom is -0.489 e. The molecule has 7 N–H and O–H groups in total. The van der Waals surface area contributed by atoms with Gasteiger partial charge in [0.1, 0.15) is 54.8 Å². The average Bonchev–Trinajstić information content (AvgIpc) is 3.84. The summed E-state index contributed by atoms with van der Waals surface area (Å²) in [5.41, 5.74) is 8.29. The van der Waals surface area contributed by atoms with Crippen molar-refractivity contribution in [3.05, 3.63) is 131 Å². The van der Waals surface area contributed by atoms with Crippen molar-refractivity contribution in [2.24, 2.45) is 10.7 Å². The van der Waals surface area contributed by atoms with E-state index >= 15 is 0 Å². The number of nitrogens with two attached hydrogens (primary N) is 1. The van der Waals surface area contributed by atoms with Crippen molar-refractivity contribution >= 4 is 51.7 Å². The number of benzene rings is 4. The van der Waals surface area contributed by atoms with Crippen LogP contribution in [0.2, 0.25) is 0 Å². The first-order valence-electron chi connectivity index (χ1n) is 23.7. The first kappa shape index (κ1) is 55.4. The Morgan fingerprint density at radius 1 is 0.750 bits per heavy atom. The standard InChI is InChI=1S/C52H66N8O11S/c1-34-21-27-41(28-22-34)72(67,68)59-50(53)54-29-13-19-42(58-51(66)71-52(4,5)6)48(64)60-30-14-20-44(60)47(63)55-35(2)45(61)57-43(46(62)56-36(3)49(65)70-33-39-17-11-8-12-18-39)31-37-23-25-40(26-24-37)69-32-38-15-9-7-10-16-38/h7-12,15-18,21-28,35-36,42-44H,13-14,19-20,29-33H2,1-6H3,(H,55,63)(H,56,62)(H,57,61)(H,58,66)(H3,53,54,59)/t35-,36-,42-,43+,44+/m1/s1. The number of amides is 5. The van der Waals surface area contributed by atoms with Gasteiger partial charge in [0.05, 0.1) is 4.90 Å². The van der Waals surface area contributed by atoms with Crippen LogP contribution in [0.3, 0.4) is 0 Å². The monoisotopic (exact) mass is 1010 g/mol. The number of ether oxygens (including phenoxy) is 3. The van der Waals surface area contributed by atoms with E-state index in [4.69, 9.17) is 19.9 Å². The lowest BCUT2D eigenvalue weighted by Crippen LogP contribution is -2.58. The predicted octanol–water partition coefficient (Wildman–Crippen LogP) is 4.31. The Labute approximate surface area is 421 Å². The molecule has 5 rings (SSSR count). The highest BCUT2D eigenvalue weighted by atomic mass is 32.2. The van der Waals surface area contributed by atoms with Crippen LogP contribution in [-0.2, 0) is 63.1 Å². The SMILES string of the molecule is Cc1ccc(S(=O)(=O)NC(N)=NCCC[C@@H](NC(=O)OC(C)(C)C)C(=O)N2CCC[C@H]2C(=O)N[C@H](C)C(=O)N[C@@H](Cc2ccc(OCc3ccccc3)cc2)C(=O)N[C@H](C)C(=O)OCc2ccccc2)cc1. The van der Waals surface area contributed by atoms with Gasteiger partial charge in [0.15, 0.2) is 0 Å². The van der Waals surface area contributed by atoms with Gasteiger partial charge in [0.25, 0.3) is 10.0 Å². The molecule has 0 bridgehead atoms. The Balaban J connectivity index is 1.23. The molecule has 1 fully saturated rings. The van der Waals surface area contributed by atoms with Crippen molar-refractivity contribution in [1.29, 1.82) is 0 Å². The van der Waals surface area contributed by atoms with Gasteiger partial charge in [-0.05, 0) is 108 Å². The third-order valence-electron chi connectivity index (χ3n) is 11.3. The van der Waals surface area contributed by atoms with Crippen molar-refractivity contribution in [3.8, 4) is 5.75 Å². The lowest BCUT2D eigenvalue weighted by molar-refractivity contribution is -0.148. The number of esters is 1. The molecule has 0 spiro atoms. The Kier molecular flexibility index (Phi) is 20.1. The summed E-state index contributed by atoms with van der Waals surface area (Å²) in [5.74, 6) is -3.09. The molecule has 5 atom stereocenters. The van der Waals surface area contributed by atoms with E-state index in [0.717, 1.165) is 16.7 Å². The van der Waals surface area contributed by atoms with Crippen LogP contribution in [0.1, 0.15) is 82.6 Å². The molecule has 72 heavy (non-hydrogen) atoms. The van der Waals surface area contributed by atoms with Gasteiger partial charge in [-0.25, -0.2) is 22.7 Å². The molecular formula is C52H66N8O11S. The van der Waals surface area contributed by atoms with E-state index in [1.807, 2.05) is 55.5 Å². The second kappa shape index (κ2) is 26.1. The molecule has 1 heterocycles. The maximum atomic E-state index is 14.2. The molecule has 0 unspecified atom stereocenters. The van der Waals surface area contributed by atoms with Gasteiger partial charge >= 0.3 is 12.1 Å². The van der Waals surface area contributed by atoms with Gasteiger partial charge in [0.2, 0.25) is 29.6 Å². The molecule has 1 saturated heterocycles. The average molecular weight is 1010 g/mol. The molecule has 0 saturated carbocycles. The summed E-state index contributed by atoms with van der Waals surface area (Å²) in [5, 5.41) is 10.7. The number of aliphatic imine (C=N–C) groups is 1. The van der Waals surface area contributed by atoms with E-state index in [9.17, 15) is 37.2 Å². The lowest BCUT2D eigenvalue weighted by atomic mass is 10.0. The molecule has 19 nitrogen and oxygen atoms in total. The molecule has 1 aliphatic heterocycles. The maximum absolute atomic E-state index is 14.2. The smallest absolute Gasteiger partial charge is 0.408 e. The zero-order chi connectivity index (χ0) is 52.4. The number of nitrogens with one attached hydrogen (secondary N) is 5. The summed E-state index contributed by atoms with van der Waals surface area (Å²) in [6.07, 6.45) is -0.00250. The summed E-state index contributed by atoms with van der Waals surface area (Å²) in [6, 6.07) is 26.1. The van der Waals surface area contributed by atoms with Crippen LogP contribution in [0.25, 0.3) is 0 Å². The molecule has 0 aliphatic carbocycles. The van der Waals surface area contributed by atoms with E-state index in [0.29, 0.717) is 24.3 Å². The zero-order valence-corrected chi connectivity index (χ0v) is 42.3. The van der Waals surface area contributed by atoms with E-state index < -0.39 is 81.5 Å². The number of likely N-dealkylation sites (tertiary alicyclic amines) is 1. The topological polar surface area (TPSA) is 266 Å². The van der Waals surface area contributed by atoms with Crippen LogP contribution < -0.4 is 36.5 Å². The zero-order valence-electron chi connectivity index (χ0n) is 41.5. The Morgan fingerprint density at radius 3 is 2.00 bits per heavy atom. The van der Waals surface area contributed by atoms with Crippen molar-refractivity contribution in [3.63, 3.8) is 0 Å². The van der Waals surface area contributed by atoms with Crippen LogP contribution in [0.15, 0.2) is 119 Å². The minimum atomic E-state index is -4.01. The van der Waals surface area contributed by atoms with E-state index in [2.05, 4.69) is 31.0 Å². The minimum absolute atomic E-state index is 0.000868. The third-order valence-corrected chi connectivity index (χ3v) is 12.6. The fourth-order valence-electron chi connectivity index (χ4n) is 7.46. The molecule has 4 aromatic rings. The number of carbonyl (C=O) groups excluding carboxylic acids is 6. The fraction of sp³-hybridized carbons (Fsp3) is 0.404. The van der Waals surface area contributed by atoms with E-state index in [1.54, 1.807) is 69.3 Å². The molecule has 4 aromatic carbocycles. The number of aryl methyl sites for hydroxylation is 1. The molecule has 5 amide bonds. The molecular weight excluding hydrogens is 945 g/mol. The predicted molar refractivity (Wildman–Crippen MR) is 269 cm³/mol. The highest BCUT2D eigenvalue weighted by molar-refractivity contribution is 7.90. The van der Waals surface area contributed by atoms with E-state index in [1.165, 1.54) is 30.9 Å². The number of guanidine groups is 1. The third kappa shape index (κ3) is 17.7. The van der Waals surface area contributed by atoms with Gasteiger partial charge in [-0.3, -0.25) is 24.2 Å². The molecule has 1 aliphatic rings. The second-order valence-electron chi connectivity index (χ2n) is 18.5. The van der Waals surface area contributed by atoms with Crippen LogP contribution >= 0.6 is 0 Å². The van der Waals surface area contributed by atoms with Gasteiger partial charge in [-0.15, -0.1) is 0 Å². The molecule has 0 radical (unpaired) electrons. The largest absolute Gasteiger partial charge is 0.489 e. The fourth-order valence-corrected chi connectivity index (χ4v) is 8.41. The first-order chi connectivity index (χ1) is 34.2. The van der Waals surface area contributed by atoms with Gasteiger partial charge in [-0.1, -0.05) is 90.5 Å². The van der Waals surface area contributed by atoms with Crippen molar-refractivity contribution in [2.45, 2.75) is 128 Å². The lowest BCUT2D eigenvalue weighted by Gasteiger charge is -2.30. The van der Waals surface area contributed by atoms with Crippen molar-refractivity contribution in [1.82, 2.24) is 30.9 Å². The van der Waals surface area contributed by atoms with Gasteiger partial charge in [-0.2, -0.15) is 0 Å². The Morgan fingerprint density at radius 2 is 1.38 bits per heavy atom. The van der Waals surface area contributed by atoms with Crippen LogP contribution in [-0.4, -0.2) is 104 Å². The van der Waals surface area contributed by atoms with Crippen LogP contribution in [0, 0.1) is 6.92 Å². The van der Waals surface area contributed by atoms with Crippen LogP contribution in [0.5, 0.6) is 5.75 Å². The second-order valence-corrected chi connectivity index (χ2v) is 20.1. The van der Waals surface area contributed by atoms with E-state index in [-0.39, 0.29) is 56.2 Å². The Bertz CT molecular complexity index is 2610. The summed E-state index contributed by atoms with van der Waals surface area (Å²) in [6.45, 7) is 10.2. The number of rotatable bonds is 22. The molecule has 0 aromatic heterocycles. The summed E-state index contributed by atoms with van der Waals surface area (Å²) < 4.78 is 44.6. The number of hydrogen-bond donors (Lipinski definition) is 6. The van der Waals surface area contributed by atoms with Gasteiger partial charge < -0.3 is 46.1 Å². The summed E-state index contributed by atoms with van der Waals surface area (Å²) in [4.78, 5) is 87.2. The quantitative estimate of drug-likeness (QED) is 0.0279. The number of carbonyl (C=O) groups is 6.